The lowest BCUT2D eigenvalue weighted by Crippen LogP contribution is -2.10. The molecule has 0 bridgehead atoms. The van der Waals surface area contributed by atoms with E-state index in [1.807, 2.05) is 13.0 Å². The Morgan fingerprint density at radius 1 is 1.44 bits per heavy atom. The highest BCUT2D eigenvalue weighted by atomic mass is 35.5. The molecule has 0 spiro atoms. The molecule has 0 fully saturated rings. The van der Waals surface area contributed by atoms with Crippen LogP contribution in [0, 0.1) is 6.92 Å². The number of aryl methyl sites for hydroxylation is 1. The molecule has 0 N–H and O–H groups in total. The SMILES string of the molecule is CCOC(=O)Oc1cnc2nc(C)ccc2c1Cl. The molecule has 5 nitrogen and oxygen atoms in total. The molecular formula is C12H11ClN2O3. The first-order chi connectivity index (χ1) is 8.61. The molecule has 2 aromatic rings. The minimum atomic E-state index is -0.805. The van der Waals surface area contributed by atoms with E-state index in [-0.39, 0.29) is 12.4 Å². The van der Waals surface area contributed by atoms with Crippen LogP contribution in [0.15, 0.2) is 18.3 Å². The minimum absolute atomic E-state index is 0.160. The normalized spacial score (nSPS) is 10.4. The number of halogens is 1. The zero-order valence-electron chi connectivity index (χ0n) is 9.94. The van der Waals surface area contributed by atoms with E-state index in [2.05, 4.69) is 14.7 Å². The van der Waals surface area contributed by atoms with Gasteiger partial charge in [-0.2, -0.15) is 0 Å². The van der Waals surface area contributed by atoms with Crippen LogP contribution in [-0.4, -0.2) is 22.7 Å². The lowest BCUT2D eigenvalue weighted by atomic mass is 10.2. The average Bonchev–Trinajstić information content (AvgIpc) is 2.33. The first-order valence-corrected chi connectivity index (χ1v) is 5.76. The second-order valence-electron chi connectivity index (χ2n) is 3.55. The quantitative estimate of drug-likeness (QED) is 0.782. The van der Waals surface area contributed by atoms with Crippen molar-refractivity contribution in [2.24, 2.45) is 0 Å². The molecular weight excluding hydrogens is 256 g/mol. The number of carbonyl (C=O) groups is 1. The third-order valence-corrected chi connectivity index (χ3v) is 2.62. The minimum Gasteiger partial charge on any atom is -0.434 e. The molecule has 2 rings (SSSR count). The molecule has 0 radical (unpaired) electrons. The molecule has 18 heavy (non-hydrogen) atoms. The summed E-state index contributed by atoms with van der Waals surface area (Å²) in [7, 11) is 0. The van der Waals surface area contributed by atoms with Crippen LogP contribution in [0.3, 0.4) is 0 Å². The molecule has 0 aliphatic rings. The Morgan fingerprint density at radius 3 is 2.94 bits per heavy atom. The molecule has 2 aromatic heterocycles. The Bertz CT molecular complexity index is 601. The highest BCUT2D eigenvalue weighted by Gasteiger charge is 2.13. The third kappa shape index (κ3) is 2.51. The lowest BCUT2D eigenvalue weighted by molar-refractivity contribution is 0.104. The molecule has 0 saturated carbocycles. The van der Waals surface area contributed by atoms with Gasteiger partial charge >= 0.3 is 6.16 Å². The van der Waals surface area contributed by atoms with Crippen molar-refractivity contribution in [1.82, 2.24) is 9.97 Å². The van der Waals surface area contributed by atoms with E-state index in [0.29, 0.717) is 16.1 Å². The number of pyridine rings is 2. The van der Waals surface area contributed by atoms with Gasteiger partial charge in [0, 0.05) is 11.1 Å². The molecule has 6 heteroatoms. The Hall–Kier alpha value is -1.88. The van der Waals surface area contributed by atoms with Crippen molar-refractivity contribution in [2.45, 2.75) is 13.8 Å². The second kappa shape index (κ2) is 5.18. The first kappa shape index (κ1) is 12.6. The molecule has 0 aliphatic heterocycles. The fourth-order valence-electron chi connectivity index (χ4n) is 1.43. The molecule has 0 atom stereocenters. The summed E-state index contributed by atoms with van der Waals surface area (Å²) in [4.78, 5) is 19.5. The molecule has 2 heterocycles. The van der Waals surface area contributed by atoms with Gasteiger partial charge in [-0.1, -0.05) is 11.6 Å². The monoisotopic (exact) mass is 266 g/mol. The van der Waals surface area contributed by atoms with Crippen LogP contribution in [0.4, 0.5) is 4.79 Å². The van der Waals surface area contributed by atoms with Gasteiger partial charge in [0.2, 0.25) is 0 Å². The summed E-state index contributed by atoms with van der Waals surface area (Å²) in [6, 6.07) is 3.59. The number of hydrogen-bond donors (Lipinski definition) is 0. The summed E-state index contributed by atoms with van der Waals surface area (Å²) in [5.41, 5.74) is 1.35. The Labute approximate surface area is 109 Å². The van der Waals surface area contributed by atoms with Crippen molar-refractivity contribution < 1.29 is 14.3 Å². The van der Waals surface area contributed by atoms with Crippen LogP contribution in [-0.2, 0) is 4.74 Å². The Morgan fingerprint density at radius 2 is 2.22 bits per heavy atom. The number of nitrogens with zero attached hydrogens (tertiary/aromatic N) is 2. The molecule has 0 amide bonds. The van der Waals surface area contributed by atoms with E-state index >= 15 is 0 Å². The summed E-state index contributed by atoms with van der Waals surface area (Å²) in [6.45, 7) is 3.78. The molecule has 94 valence electrons. The van der Waals surface area contributed by atoms with Gasteiger partial charge in [-0.3, -0.25) is 0 Å². The maximum absolute atomic E-state index is 11.2. The van der Waals surface area contributed by atoms with Gasteiger partial charge in [-0.05, 0) is 26.0 Å². The second-order valence-corrected chi connectivity index (χ2v) is 3.92. The summed E-state index contributed by atoms with van der Waals surface area (Å²) >= 11 is 6.13. The summed E-state index contributed by atoms with van der Waals surface area (Å²) in [5, 5.41) is 0.921. The number of carbonyl (C=O) groups excluding carboxylic acids is 1. The predicted molar refractivity (Wildman–Crippen MR) is 66.9 cm³/mol. The van der Waals surface area contributed by atoms with Gasteiger partial charge in [0.05, 0.1) is 17.8 Å². The maximum Gasteiger partial charge on any atom is 0.513 e. The topological polar surface area (TPSA) is 61.3 Å². The fraction of sp³-hybridized carbons (Fsp3) is 0.250. The van der Waals surface area contributed by atoms with Crippen molar-refractivity contribution >= 4 is 28.8 Å². The van der Waals surface area contributed by atoms with Gasteiger partial charge in [-0.25, -0.2) is 14.8 Å². The van der Waals surface area contributed by atoms with E-state index in [4.69, 9.17) is 16.3 Å². The van der Waals surface area contributed by atoms with Crippen LogP contribution < -0.4 is 4.74 Å². The molecule has 0 saturated heterocycles. The summed E-state index contributed by atoms with van der Waals surface area (Å²) < 4.78 is 9.61. The molecule has 0 unspecified atom stereocenters. The number of fused-ring (bicyclic) bond motifs is 1. The first-order valence-electron chi connectivity index (χ1n) is 5.38. The van der Waals surface area contributed by atoms with Crippen LogP contribution in [0.5, 0.6) is 5.75 Å². The standard InChI is InChI=1S/C12H11ClN2O3/c1-3-17-12(16)18-9-6-14-11-8(10(9)13)5-4-7(2)15-11/h4-6H,3H2,1-2H3. The van der Waals surface area contributed by atoms with Crippen molar-refractivity contribution in [3.63, 3.8) is 0 Å². The largest absolute Gasteiger partial charge is 0.513 e. The van der Waals surface area contributed by atoms with Crippen LogP contribution in [0.25, 0.3) is 11.0 Å². The van der Waals surface area contributed by atoms with Crippen LogP contribution >= 0.6 is 11.6 Å². The van der Waals surface area contributed by atoms with E-state index in [1.54, 1.807) is 13.0 Å². The summed E-state index contributed by atoms with van der Waals surface area (Å²) in [5.74, 6) is 0.160. The predicted octanol–water partition coefficient (Wildman–Crippen LogP) is 3.13. The number of rotatable bonds is 2. The zero-order valence-corrected chi connectivity index (χ0v) is 10.7. The lowest BCUT2D eigenvalue weighted by Gasteiger charge is -2.07. The van der Waals surface area contributed by atoms with Gasteiger partial charge in [0.15, 0.2) is 11.4 Å². The van der Waals surface area contributed by atoms with Crippen molar-refractivity contribution in [2.75, 3.05) is 6.61 Å². The maximum atomic E-state index is 11.2. The van der Waals surface area contributed by atoms with Gasteiger partial charge in [0.1, 0.15) is 0 Å². The number of aromatic nitrogens is 2. The smallest absolute Gasteiger partial charge is 0.434 e. The number of ether oxygens (including phenoxy) is 2. The van der Waals surface area contributed by atoms with Crippen molar-refractivity contribution in [1.29, 1.82) is 0 Å². The van der Waals surface area contributed by atoms with Gasteiger partial charge < -0.3 is 9.47 Å². The number of hydrogen-bond acceptors (Lipinski definition) is 5. The van der Waals surface area contributed by atoms with Crippen molar-refractivity contribution in [3.05, 3.63) is 29.0 Å². The van der Waals surface area contributed by atoms with Gasteiger partial charge in [-0.15, -0.1) is 0 Å². The highest BCUT2D eigenvalue weighted by Crippen LogP contribution is 2.30. The summed E-state index contributed by atoms with van der Waals surface area (Å²) in [6.07, 6.45) is 0.550. The van der Waals surface area contributed by atoms with Crippen LogP contribution in [0.1, 0.15) is 12.6 Å². The van der Waals surface area contributed by atoms with E-state index in [9.17, 15) is 4.79 Å². The zero-order chi connectivity index (χ0) is 13.1. The Balaban J connectivity index is 2.39. The molecule has 0 aliphatic carbocycles. The van der Waals surface area contributed by atoms with E-state index in [0.717, 1.165) is 5.69 Å². The average molecular weight is 267 g/mol. The third-order valence-electron chi connectivity index (χ3n) is 2.23. The van der Waals surface area contributed by atoms with E-state index in [1.165, 1.54) is 6.20 Å². The van der Waals surface area contributed by atoms with E-state index < -0.39 is 6.16 Å². The molecule has 0 aromatic carbocycles. The van der Waals surface area contributed by atoms with Gasteiger partial charge in [0.25, 0.3) is 0 Å². The van der Waals surface area contributed by atoms with Crippen molar-refractivity contribution in [3.8, 4) is 5.75 Å². The van der Waals surface area contributed by atoms with Crippen LogP contribution in [0.2, 0.25) is 5.02 Å². The highest BCUT2D eigenvalue weighted by molar-refractivity contribution is 6.36. The fourth-order valence-corrected chi connectivity index (χ4v) is 1.67. The Kier molecular flexibility index (Phi) is 3.62.